The average Bonchev–Trinajstić information content (AvgIpc) is 3.30. The van der Waals surface area contributed by atoms with Crippen LogP contribution in [0.25, 0.3) is 5.65 Å². The van der Waals surface area contributed by atoms with Crippen LogP contribution in [0, 0.1) is 19.8 Å². The first-order valence-electron chi connectivity index (χ1n) is 9.13. The van der Waals surface area contributed by atoms with Crippen molar-refractivity contribution >= 4 is 18.0 Å². The molecule has 1 atom stereocenters. The van der Waals surface area contributed by atoms with Gasteiger partial charge in [-0.3, -0.25) is 14.6 Å². The molecule has 1 N–H and O–H groups in total. The summed E-state index contributed by atoms with van der Waals surface area (Å²) < 4.78 is 1.74. The zero-order valence-corrected chi connectivity index (χ0v) is 15.9. The Morgan fingerprint density at radius 1 is 1.32 bits per heavy atom. The summed E-state index contributed by atoms with van der Waals surface area (Å²) >= 11 is 0. The fourth-order valence-electron chi connectivity index (χ4n) is 3.55. The number of hydrogen-bond donors (Lipinski definition) is 1. The molecule has 0 spiro atoms. The van der Waals surface area contributed by atoms with E-state index in [1.54, 1.807) is 10.6 Å². The SMILES string of the molecule is Cc1cc(C)n2nc(C(=O)N3CCC(Cc4ccccn4)C3)cc2n1.O=CO. The highest BCUT2D eigenvalue weighted by atomic mass is 16.3. The van der Waals surface area contributed by atoms with E-state index in [-0.39, 0.29) is 12.4 Å². The molecular formula is C20H23N5O3. The first-order valence-corrected chi connectivity index (χ1v) is 9.13. The predicted molar refractivity (Wildman–Crippen MR) is 103 cm³/mol. The molecule has 146 valence electrons. The number of pyridine rings is 1. The molecule has 8 heteroatoms. The molecule has 0 radical (unpaired) electrons. The highest BCUT2D eigenvalue weighted by Crippen LogP contribution is 2.22. The van der Waals surface area contributed by atoms with Crippen LogP contribution >= 0.6 is 0 Å². The van der Waals surface area contributed by atoms with E-state index in [1.807, 2.05) is 49.2 Å². The fourth-order valence-corrected chi connectivity index (χ4v) is 3.55. The van der Waals surface area contributed by atoms with Gasteiger partial charge in [-0.1, -0.05) is 6.07 Å². The summed E-state index contributed by atoms with van der Waals surface area (Å²) in [6, 6.07) is 9.73. The summed E-state index contributed by atoms with van der Waals surface area (Å²) in [7, 11) is 0. The van der Waals surface area contributed by atoms with Crippen LogP contribution < -0.4 is 0 Å². The van der Waals surface area contributed by atoms with Crippen LogP contribution in [-0.2, 0) is 11.2 Å². The van der Waals surface area contributed by atoms with E-state index in [0.717, 1.165) is 48.7 Å². The number of fused-ring (bicyclic) bond motifs is 1. The monoisotopic (exact) mass is 381 g/mol. The molecule has 0 aromatic carbocycles. The van der Waals surface area contributed by atoms with Crippen LogP contribution in [-0.4, -0.2) is 55.1 Å². The molecule has 1 aliphatic heterocycles. The number of rotatable bonds is 3. The largest absolute Gasteiger partial charge is 0.483 e. The molecule has 3 aromatic heterocycles. The standard InChI is InChI=1S/C19H21N5O.CH2O2/c1-13-9-14(2)24-18(21-13)11-17(22-24)19(25)23-8-6-15(12-23)10-16-5-3-4-7-20-16;2-1-3/h3-5,7,9,11,15H,6,8,10,12H2,1-2H3;1H,(H,2,3). The number of carbonyl (C=O) groups is 2. The first-order chi connectivity index (χ1) is 13.5. The van der Waals surface area contributed by atoms with Crippen LogP contribution in [0.5, 0.6) is 0 Å². The van der Waals surface area contributed by atoms with Crippen LogP contribution in [0.4, 0.5) is 0 Å². The van der Waals surface area contributed by atoms with E-state index < -0.39 is 0 Å². The third-order valence-electron chi connectivity index (χ3n) is 4.75. The molecule has 0 saturated carbocycles. The van der Waals surface area contributed by atoms with Gasteiger partial charge in [0.05, 0.1) is 0 Å². The van der Waals surface area contributed by atoms with Crippen molar-refractivity contribution in [3.8, 4) is 0 Å². The van der Waals surface area contributed by atoms with Crippen LogP contribution in [0.2, 0.25) is 0 Å². The normalized spacial score (nSPS) is 15.9. The van der Waals surface area contributed by atoms with E-state index in [2.05, 4.69) is 15.1 Å². The highest BCUT2D eigenvalue weighted by Gasteiger charge is 2.28. The van der Waals surface area contributed by atoms with Crippen molar-refractivity contribution in [2.75, 3.05) is 13.1 Å². The van der Waals surface area contributed by atoms with Crippen molar-refractivity contribution in [2.24, 2.45) is 5.92 Å². The molecule has 0 aliphatic carbocycles. The lowest BCUT2D eigenvalue weighted by molar-refractivity contribution is -0.122. The van der Waals surface area contributed by atoms with Gasteiger partial charge in [0, 0.05) is 42.4 Å². The third kappa shape index (κ3) is 4.33. The van der Waals surface area contributed by atoms with Gasteiger partial charge in [-0.15, -0.1) is 0 Å². The van der Waals surface area contributed by atoms with E-state index in [0.29, 0.717) is 11.6 Å². The quantitative estimate of drug-likeness (QED) is 0.698. The van der Waals surface area contributed by atoms with Crippen molar-refractivity contribution in [1.82, 2.24) is 24.5 Å². The summed E-state index contributed by atoms with van der Waals surface area (Å²) in [4.78, 5) is 31.9. The van der Waals surface area contributed by atoms with Crippen LogP contribution in [0.15, 0.2) is 36.5 Å². The Morgan fingerprint density at radius 2 is 2.11 bits per heavy atom. The van der Waals surface area contributed by atoms with Crippen molar-refractivity contribution in [1.29, 1.82) is 0 Å². The summed E-state index contributed by atoms with van der Waals surface area (Å²) in [5.41, 5.74) is 4.20. The molecule has 4 rings (SSSR count). The molecule has 3 aromatic rings. The number of aryl methyl sites for hydroxylation is 2. The zero-order valence-electron chi connectivity index (χ0n) is 15.9. The molecule has 0 bridgehead atoms. The minimum absolute atomic E-state index is 0.00826. The number of hydrogen-bond acceptors (Lipinski definition) is 5. The minimum Gasteiger partial charge on any atom is -0.483 e. The Labute approximate surface area is 162 Å². The van der Waals surface area contributed by atoms with Gasteiger partial charge in [-0.05, 0) is 50.8 Å². The molecule has 8 nitrogen and oxygen atoms in total. The number of carboxylic acid groups (broad SMARTS) is 1. The van der Waals surface area contributed by atoms with Crippen molar-refractivity contribution in [3.05, 3.63) is 59.3 Å². The average molecular weight is 381 g/mol. The van der Waals surface area contributed by atoms with Gasteiger partial charge in [0.25, 0.3) is 12.4 Å². The number of aromatic nitrogens is 4. The first kappa shape index (κ1) is 19.5. The molecule has 1 amide bonds. The molecule has 1 unspecified atom stereocenters. The minimum atomic E-state index is -0.250. The second kappa shape index (κ2) is 8.60. The molecule has 4 heterocycles. The Bertz CT molecular complexity index is 971. The maximum atomic E-state index is 12.8. The fraction of sp³-hybridized carbons (Fsp3) is 0.350. The smallest absolute Gasteiger partial charge is 0.290 e. The molecule has 1 fully saturated rings. The van der Waals surface area contributed by atoms with E-state index >= 15 is 0 Å². The molecular weight excluding hydrogens is 358 g/mol. The Hall–Kier alpha value is -3.29. The summed E-state index contributed by atoms with van der Waals surface area (Å²) in [6.45, 7) is 5.20. The van der Waals surface area contributed by atoms with Crippen LogP contribution in [0.3, 0.4) is 0 Å². The molecule has 1 saturated heterocycles. The van der Waals surface area contributed by atoms with E-state index in [4.69, 9.17) is 9.90 Å². The second-order valence-corrected chi connectivity index (χ2v) is 6.87. The maximum Gasteiger partial charge on any atom is 0.290 e. The predicted octanol–water partition coefficient (Wildman–Crippen LogP) is 2.15. The zero-order chi connectivity index (χ0) is 20.1. The summed E-state index contributed by atoms with van der Waals surface area (Å²) in [6.07, 6.45) is 3.74. The lowest BCUT2D eigenvalue weighted by Gasteiger charge is -2.15. The number of carbonyl (C=O) groups excluding carboxylic acids is 1. The third-order valence-corrected chi connectivity index (χ3v) is 4.75. The van der Waals surface area contributed by atoms with Crippen molar-refractivity contribution in [2.45, 2.75) is 26.7 Å². The Morgan fingerprint density at radius 3 is 2.82 bits per heavy atom. The van der Waals surface area contributed by atoms with E-state index in [1.165, 1.54) is 0 Å². The van der Waals surface area contributed by atoms with Gasteiger partial charge in [0.1, 0.15) is 0 Å². The van der Waals surface area contributed by atoms with Gasteiger partial charge in [-0.2, -0.15) is 5.10 Å². The van der Waals surface area contributed by atoms with Crippen molar-refractivity contribution in [3.63, 3.8) is 0 Å². The Kier molecular flexibility index (Phi) is 5.98. The summed E-state index contributed by atoms with van der Waals surface area (Å²) in [5, 5.41) is 11.3. The second-order valence-electron chi connectivity index (χ2n) is 6.87. The Balaban J connectivity index is 0.000000706. The lowest BCUT2D eigenvalue weighted by Crippen LogP contribution is -2.29. The highest BCUT2D eigenvalue weighted by molar-refractivity contribution is 5.93. The molecule has 28 heavy (non-hydrogen) atoms. The van der Waals surface area contributed by atoms with E-state index in [9.17, 15) is 4.79 Å². The number of amides is 1. The number of nitrogens with zero attached hydrogens (tertiary/aromatic N) is 5. The van der Waals surface area contributed by atoms with Crippen LogP contribution in [0.1, 0.15) is 34.0 Å². The molecule has 1 aliphatic rings. The number of likely N-dealkylation sites (tertiary alicyclic amines) is 1. The van der Waals surface area contributed by atoms with Gasteiger partial charge < -0.3 is 10.0 Å². The topological polar surface area (TPSA) is 101 Å². The van der Waals surface area contributed by atoms with Gasteiger partial charge in [0.2, 0.25) is 0 Å². The maximum absolute atomic E-state index is 12.8. The summed E-state index contributed by atoms with van der Waals surface area (Å²) in [5.74, 6) is 0.448. The van der Waals surface area contributed by atoms with Gasteiger partial charge >= 0.3 is 0 Å². The van der Waals surface area contributed by atoms with Gasteiger partial charge in [-0.25, -0.2) is 9.50 Å². The van der Waals surface area contributed by atoms with Crippen molar-refractivity contribution < 1.29 is 14.7 Å². The van der Waals surface area contributed by atoms with Gasteiger partial charge in [0.15, 0.2) is 11.3 Å². The lowest BCUT2D eigenvalue weighted by atomic mass is 10.0.